The van der Waals surface area contributed by atoms with Crippen molar-refractivity contribution in [1.82, 2.24) is 5.32 Å². The number of alkyl halides is 1. The van der Waals surface area contributed by atoms with Crippen LogP contribution in [0.3, 0.4) is 0 Å². The Kier molecular flexibility index (Phi) is 2.59. The van der Waals surface area contributed by atoms with Crippen LogP contribution < -0.4 is 5.32 Å². The Labute approximate surface area is 89.9 Å². The molecule has 15 heavy (non-hydrogen) atoms. The van der Waals surface area contributed by atoms with Crippen LogP contribution >= 0.6 is 0 Å². The Morgan fingerprint density at radius 1 is 1.60 bits per heavy atom. The molecule has 1 aliphatic heterocycles. The third kappa shape index (κ3) is 2.40. The first-order valence-corrected chi connectivity index (χ1v) is 5.48. The lowest BCUT2D eigenvalue weighted by Crippen LogP contribution is -2.25. The zero-order chi connectivity index (χ0) is 11.1. The second-order valence-electron chi connectivity index (χ2n) is 5.09. The van der Waals surface area contributed by atoms with Crippen LogP contribution in [-0.4, -0.2) is 23.4 Å². The van der Waals surface area contributed by atoms with E-state index in [4.69, 9.17) is 0 Å². The highest BCUT2D eigenvalue weighted by molar-refractivity contribution is 5.40. The molecule has 84 valence electrons. The maximum Gasteiger partial charge on any atom is 0.122 e. The van der Waals surface area contributed by atoms with Gasteiger partial charge in [0, 0.05) is 24.6 Å². The lowest BCUT2D eigenvalue weighted by atomic mass is 9.86. The van der Waals surface area contributed by atoms with Crippen molar-refractivity contribution in [3.8, 4) is 0 Å². The van der Waals surface area contributed by atoms with E-state index in [9.17, 15) is 9.50 Å². The predicted octanol–water partition coefficient (Wildman–Crippen LogP) is 1.92. The zero-order valence-corrected chi connectivity index (χ0v) is 9.26. The predicted molar refractivity (Wildman–Crippen MR) is 58.1 cm³/mol. The highest BCUT2D eigenvalue weighted by Gasteiger charge is 2.31. The number of allylic oxidation sites excluding steroid dienone is 3. The SMILES string of the molecule is CC(C)(O)CC1CNC2=CCC(F)C=C21. The van der Waals surface area contributed by atoms with Crippen LogP contribution in [0.1, 0.15) is 26.7 Å². The lowest BCUT2D eigenvalue weighted by Gasteiger charge is -2.23. The molecular weight excluding hydrogens is 193 g/mol. The molecule has 2 unspecified atom stereocenters. The molecule has 0 aromatic rings. The summed E-state index contributed by atoms with van der Waals surface area (Å²) in [6.07, 6.45) is 3.92. The van der Waals surface area contributed by atoms with Crippen molar-refractivity contribution in [2.45, 2.75) is 38.5 Å². The highest BCUT2D eigenvalue weighted by atomic mass is 19.1. The van der Waals surface area contributed by atoms with Crippen molar-refractivity contribution >= 4 is 0 Å². The molecule has 2 aliphatic rings. The summed E-state index contributed by atoms with van der Waals surface area (Å²) in [4.78, 5) is 0. The van der Waals surface area contributed by atoms with Crippen LogP contribution in [0.25, 0.3) is 0 Å². The summed E-state index contributed by atoms with van der Waals surface area (Å²) in [7, 11) is 0. The molecule has 0 aromatic heterocycles. The molecule has 2 atom stereocenters. The first-order valence-electron chi connectivity index (χ1n) is 5.48. The molecule has 0 spiro atoms. The maximum absolute atomic E-state index is 13.2. The number of halogens is 1. The second kappa shape index (κ2) is 3.63. The molecule has 0 saturated carbocycles. The van der Waals surface area contributed by atoms with Crippen molar-refractivity contribution in [1.29, 1.82) is 0 Å². The van der Waals surface area contributed by atoms with E-state index < -0.39 is 11.8 Å². The Hall–Kier alpha value is -0.830. The van der Waals surface area contributed by atoms with Gasteiger partial charge in [-0.15, -0.1) is 0 Å². The molecule has 1 aliphatic carbocycles. The van der Waals surface area contributed by atoms with Crippen LogP contribution in [0, 0.1) is 5.92 Å². The molecule has 0 aromatic carbocycles. The molecule has 2 rings (SSSR count). The normalized spacial score (nSPS) is 30.4. The Balaban J connectivity index is 2.13. The maximum atomic E-state index is 13.2. The van der Waals surface area contributed by atoms with E-state index in [0.717, 1.165) is 17.8 Å². The number of hydrogen-bond donors (Lipinski definition) is 2. The minimum Gasteiger partial charge on any atom is -0.390 e. The average molecular weight is 211 g/mol. The molecule has 2 nitrogen and oxygen atoms in total. The summed E-state index contributed by atoms with van der Waals surface area (Å²) in [6.45, 7) is 4.41. The summed E-state index contributed by atoms with van der Waals surface area (Å²) in [5.74, 6) is 0.245. The van der Waals surface area contributed by atoms with Gasteiger partial charge in [-0.3, -0.25) is 0 Å². The lowest BCUT2D eigenvalue weighted by molar-refractivity contribution is 0.0597. The Morgan fingerprint density at radius 3 is 3.00 bits per heavy atom. The fourth-order valence-corrected chi connectivity index (χ4v) is 2.36. The van der Waals surface area contributed by atoms with Gasteiger partial charge in [-0.25, -0.2) is 4.39 Å². The minimum absolute atomic E-state index is 0.245. The largest absolute Gasteiger partial charge is 0.390 e. The van der Waals surface area contributed by atoms with Crippen molar-refractivity contribution < 1.29 is 9.50 Å². The molecule has 2 N–H and O–H groups in total. The van der Waals surface area contributed by atoms with E-state index in [0.29, 0.717) is 12.8 Å². The molecule has 0 radical (unpaired) electrons. The van der Waals surface area contributed by atoms with Gasteiger partial charge in [0.15, 0.2) is 0 Å². The van der Waals surface area contributed by atoms with Crippen LogP contribution in [0.5, 0.6) is 0 Å². The van der Waals surface area contributed by atoms with Gasteiger partial charge in [0.1, 0.15) is 6.17 Å². The van der Waals surface area contributed by atoms with Gasteiger partial charge in [0.05, 0.1) is 5.60 Å². The molecular formula is C12H18FNO. The van der Waals surface area contributed by atoms with E-state index in [-0.39, 0.29) is 5.92 Å². The fourth-order valence-electron chi connectivity index (χ4n) is 2.36. The van der Waals surface area contributed by atoms with Crippen molar-refractivity contribution in [3.63, 3.8) is 0 Å². The zero-order valence-electron chi connectivity index (χ0n) is 9.26. The number of hydrogen-bond acceptors (Lipinski definition) is 2. The molecule has 0 bridgehead atoms. The summed E-state index contributed by atoms with van der Waals surface area (Å²) in [6, 6.07) is 0. The van der Waals surface area contributed by atoms with Gasteiger partial charge in [0.2, 0.25) is 0 Å². The Bertz CT molecular complexity index is 314. The van der Waals surface area contributed by atoms with Gasteiger partial charge in [-0.05, 0) is 31.9 Å². The van der Waals surface area contributed by atoms with Crippen molar-refractivity contribution in [2.24, 2.45) is 5.92 Å². The van der Waals surface area contributed by atoms with E-state index in [1.54, 1.807) is 19.9 Å². The smallest absolute Gasteiger partial charge is 0.122 e. The standard InChI is InChI=1S/C12H18FNO/c1-12(2,15)6-8-7-14-11-4-3-9(13)5-10(8)11/h4-5,8-9,14-15H,3,6-7H2,1-2H3. The number of rotatable bonds is 2. The van der Waals surface area contributed by atoms with Crippen LogP contribution in [0.15, 0.2) is 23.4 Å². The van der Waals surface area contributed by atoms with Crippen LogP contribution in [-0.2, 0) is 0 Å². The molecule has 3 heteroatoms. The second-order valence-corrected chi connectivity index (χ2v) is 5.09. The van der Waals surface area contributed by atoms with Gasteiger partial charge in [-0.2, -0.15) is 0 Å². The van der Waals surface area contributed by atoms with Gasteiger partial charge < -0.3 is 10.4 Å². The molecule has 1 saturated heterocycles. The highest BCUT2D eigenvalue weighted by Crippen LogP contribution is 2.34. The van der Waals surface area contributed by atoms with E-state index in [1.165, 1.54) is 0 Å². The van der Waals surface area contributed by atoms with E-state index >= 15 is 0 Å². The number of fused-ring (bicyclic) bond motifs is 1. The van der Waals surface area contributed by atoms with Gasteiger partial charge in [0.25, 0.3) is 0 Å². The topological polar surface area (TPSA) is 32.3 Å². The van der Waals surface area contributed by atoms with E-state index in [1.807, 2.05) is 6.08 Å². The number of aliphatic hydroxyl groups is 1. The quantitative estimate of drug-likeness (QED) is 0.731. The summed E-state index contributed by atoms with van der Waals surface area (Å²) < 4.78 is 13.2. The summed E-state index contributed by atoms with van der Waals surface area (Å²) >= 11 is 0. The van der Waals surface area contributed by atoms with Crippen molar-refractivity contribution in [2.75, 3.05) is 6.54 Å². The fraction of sp³-hybridized carbons (Fsp3) is 0.667. The minimum atomic E-state index is -0.854. The van der Waals surface area contributed by atoms with Crippen molar-refractivity contribution in [3.05, 3.63) is 23.4 Å². The van der Waals surface area contributed by atoms with E-state index in [2.05, 4.69) is 5.32 Å². The van der Waals surface area contributed by atoms with Crippen LogP contribution in [0.2, 0.25) is 0 Å². The third-order valence-electron chi connectivity index (χ3n) is 2.94. The molecule has 1 heterocycles. The Morgan fingerprint density at radius 2 is 2.33 bits per heavy atom. The summed E-state index contributed by atoms with van der Waals surface area (Å²) in [5, 5.41) is 13.0. The first-order chi connectivity index (χ1) is 6.96. The average Bonchev–Trinajstić information content (AvgIpc) is 2.46. The molecule has 1 fully saturated rings. The molecule has 0 amide bonds. The third-order valence-corrected chi connectivity index (χ3v) is 2.94. The number of nitrogens with one attached hydrogen (secondary N) is 1. The monoisotopic (exact) mass is 211 g/mol. The van der Waals surface area contributed by atoms with Gasteiger partial charge in [-0.1, -0.05) is 6.08 Å². The first kappa shape index (κ1) is 10.7. The van der Waals surface area contributed by atoms with Gasteiger partial charge >= 0.3 is 0 Å². The summed E-state index contributed by atoms with van der Waals surface area (Å²) in [5.41, 5.74) is 1.43. The van der Waals surface area contributed by atoms with Crippen LogP contribution in [0.4, 0.5) is 4.39 Å².